The van der Waals surface area contributed by atoms with Crippen molar-refractivity contribution in [1.82, 2.24) is 5.32 Å². The highest BCUT2D eigenvalue weighted by Crippen LogP contribution is 2.16. The zero-order valence-corrected chi connectivity index (χ0v) is 13.2. The Hall–Kier alpha value is -2.80. The van der Waals surface area contributed by atoms with Crippen LogP contribution in [0.4, 0.5) is 0 Å². The zero-order valence-electron chi connectivity index (χ0n) is 13.2. The standard InChI is InChI=1S/C19H20N2O2/c1-15-5-2-3-7-17(15)14-23-18-8-4-6-16(13-18)10-12-21-19(22)9-11-20/h2-8,13H,9-10,12,14H2,1H3,(H,21,22). The summed E-state index contributed by atoms with van der Waals surface area (Å²) < 4.78 is 5.85. The van der Waals surface area contributed by atoms with Gasteiger partial charge in [-0.2, -0.15) is 5.26 Å². The number of aryl methyl sites for hydroxylation is 1. The van der Waals surface area contributed by atoms with E-state index in [2.05, 4.69) is 24.4 Å². The van der Waals surface area contributed by atoms with Crippen LogP contribution in [-0.4, -0.2) is 12.5 Å². The van der Waals surface area contributed by atoms with Crippen LogP contribution in [0.15, 0.2) is 48.5 Å². The summed E-state index contributed by atoms with van der Waals surface area (Å²) in [6, 6.07) is 17.8. The molecule has 4 heteroatoms. The third-order valence-corrected chi connectivity index (χ3v) is 3.53. The smallest absolute Gasteiger partial charge is 0.234 e. The van der Waals surface area contributed by atoms with Gasteiger partial charge in [0.1, 0.15) is 18.8 Å². The highest BCUT2D eigenvalue weighted by atomic mass is 16.5. The van der Waals surface area contributed by atoms with Crippen molar-refractivity contribution in [3.63, 3.8) is 0 Å². The Morgan fingerprint density at radius 1 is 1.22 bits per heavy atom. The average Bonchev–Trinajstić information content (AvgIpc) is 2.55. The number of ether oxygens (including phenoxy) is 1. The lowest BCUT2D eigenvalue weighted by Crippen LogP contribution is -2.24. The summed E-state index contributed by atoms with van der Waals surface area (Å²) in [7, 11) is 0. The maximum Gasteiger partial charge on any atom is 0.234 e. The number of carbonyl (C=O) groups is 1. The molecule has 4 nitrogen and oxygen atoms in total. The van der Waals surface area contributed by atoms with Gasteiger partial charge in [0.05, 0.1) is 6.07 Å². The fourth-order valence-corrected chi connectivity index (χ4v) is 2.20. The summed E-state index contributed by atoms with van der Waals surface area (Å²) in [5.41, 5.74) is 3.47. The molecule has 0 spiro atoms. The molecule has 0 saturated heterocycles. The van der Waals surface area contributed by atoms with E-state index in [9.17, 15) is 4.79 Å². The molecular weight excluding hydrogens is 288 g/mol. The molecule has 0 heterocycles. The lowest BCUT2D eigenvalue weighted by molar-refractivity contribution is -0.120. The molecule has 2 rings (SSSR count). The van der Waals surface area contributed by atoms with Crippen LogP contribution in [0.25, 0.3) is 0 Å². The van der Waals surface area contributed by atoms with Crippen LogP contribution in [0.5, 0.6) is 5.75 Å². The molecule has 0 unspecified atom stereocenters. The van der Waals surface area contributed by atoms with E-state index >= 15 is 0 Å². The molecule has 0 saturated carbocycles. The van der Waals surface area contributed by atoms with Gasteiger partial charge >= 0.3 is 0 Å². The number of hydrogen-bond donors (Lipinski definition) is 1. The van der Waals surface area contributed by atoms with Crippen LogP contribution in [0, 0.1) is 18.3 Å². The van der Waals surface area contributed by atoms with E-state index in [1.807, 2.05) is 42.5 Å². The highest BCUT2D eigenvalue weighted by molar-refractivity contribution is 5.77. The molecule has 0 bridgehead atoms. The topological polar surface area (TPSA) is 62.1 Å². The van der Waals surface area contributed by atoms with Crippen molar-refractivity contribution in [1.29, 1.82) is 5.26 Å². The van der Waals surface area contributed by atoms with Gasteiger partial charge in [0.25, 0.3) is 0 Å². The summed E-state index contributed by atoms with van der Waals surface area (Å²) in [6.45, 7) is 3.12. The second kappa shape index (κ2) is 8.60. The molecule has 0 aliphatic carbocycles. The first-order valence-corrected chi connectivity index (χ1v) is 7.59. The number of amides is 1. The first-order valence-electron chi connectivity index (χ1n) is 7.59. The minimum atomic E-state index is -0.237. The molecule has 118 valence electrons. The summed E-state index contributed by atoms with van der Waals surface area (Å²) in [5.74, 6) is 0.577. The summed E-state index contributed by atoms with van der Waals surface area (Å²) in [4.78, 5) is 11.2. The van der Waals surface area contributed by atoms with E-state index < -0.39 is 0 Å². The fourth-order valence-electron chi connectivity index (χ4n) is 2.20. The average molecular weight is 308 g/mol. The van der Waals surface area contributed by atoms with Gasteiger partial charge in [-0.25, -0.2) is 0 Å². The van der Waals surface area contributed by atoms with E-state index in [4.69, 9.17) is 10.00 Å². The quantitative estimate of drug-likeness (QED) is 0.854. The molecule has 0 aliphatic rings. The number of hydrogen-bond acceptors (Lipinski definition) is 3. The van der Waals surface area contributed by atoms with Crippen LogP contribution >= 0.6 is 0 Å². The van der Waals surface area contributed by atoms with Crippen LogP contribution in [-0.2, 0) is 17.8 Å². The lowest BCUT2D eigenvalue weighted by Gasteiger charge is -2.10. The Kier molecular flexibility index (Phi) is 6.19. The molecule has 23 heavy (non-hydrogen) atoms. The van der Waals surface area contributed by atoms with Gasteiger partial charge < -0.3 is 10.1 Å². The zero-order chi connectivity index (χ0) is 16.5. The van der Waals surface area contributed by atoms with Gasteiger partial charge in [-0.3, -0.25) is 4.79 Å². The van der Waals surface area contributed by atoms with Crippen LogP contribution in [0.1, 0.15) is 23.1 Å². The van der Waals surface area contributed by atoms with Crippen LogP contribution in [0.2, 0.25) is 0 Å². The first kappa shape index (κ1) is 16.6. The van der Waals surface area contributed by atoms with Crippen molar-refractivity contribution in [2.75, 3.05) is 6.54 Å². The predicted octanol–water partition coefficient (Wildman–Crippen LogP) is 3.15. The molecule has 2 aromatic carbocycles. The van der Waals surface area contributed by atoms with E-state index in [-0.39, 0.29) is 12.3 Å². The number of nitrogens with zero attached hydrogens (tertiary/aromatic N) is 1. The molecule has 1 amide bonds. The number of nitrogens with one attached hydrogen (secondary N) is 1. The van der Waals surface area contributed by atoms with Crippen LogP contribution < -0.4 is 10.1 Å². The number of carbonyl (C=O) groups excluding carboxylic acids is 1. The monoisotopic (exact) mass is 308 g/mol. The minimum Gasteiger partial charge on any atom is -0.489 e. The maximum atomic E-state index is 11.2. The second-order valence-corrected chi connectivity index (χ2v) is 5.30. The SMILES string of the molecule is Cc1ccccc1COc1cccc(CCNC(=O)CC#N)c1. The Morgan fingerprint density at radius 3 is 2.83 bits per heavy atom. The van der Waals surface area contributed by atoms with E-state index in [1.165, 1.54) is 11.1 Å². The highest BCUT2D eigenvalue weighted by Gasteiger charge is 2.02. The molecule has 0 aromatic heterocycles. The van der Waals surface area contributed by atoms with Gasteiger partial charge in [0.15, 0.2) is 0 Å². The third-order valence-electron chi connectivity index (χ3n) is 3.53. The lowest BCUT2D eigenvalue weighted by atomic mass is 10.1. The van der Waals surface area contributed by atoms with Gasteiger partial charge in [0.2, 0.25) is 5.91 Å². The predicted molar refractivity (Wildman–Crippen MR) is 88.9 cm³/mol. The van der Waals surface area contributed by atoms with E-state index in [0.29, 0.717) is 19.6 Å². The van der Waals surface area contributed by atoms with E-state index in [0.717, 1.165) is 11.3 Å². The van der Waals surface area contributed by atoms with Gasteiger partial charge in [-0.1, -0.05) is 36.4 Å². The first-order chi connectivity index (χ1) is 11.2. The molecule has 0 atom stereocenters. The molecule has 1 N–H and O–H groups in total. The Morgan fingerprint density at radius 2 is 2.04 bits per heavy atom. The number of rotatable bonds is 7. The fraction of sp³-hybridized carbons (Fsp3) is 0.263. The van der Waals surface area contributed by atoms with Gasteiger partial charge in [0, 0.05) is 6.54 Å². The van der Waals surface area contributed by atoms with Crippen molar-refractivity contribution < 1.29 is 9.53 Å². The van der Waals surface area contributed by atoms with Gasteiger partial charge in [-0.05, 0) is 42.2 Å². The minimum absolute atomic E-state index is 0.0976. The third kappa shape index (κ3) is 5.48. The summed E-state index contributed by atoms with van der Waals surface area (Å²) in [6.07, 6.45) is 0.609. The molecule has 0 aliphatic heterocycles. The number of nitriles is 1. The normalized spacial score (nSPS) is 9.91. The Balaban J connectivity index is 1.86. The van der Waals surface area contributed by atoms with Crippen molar-refractivity contribution in [2.24, 2.45) is 0 Å². The van der Waals surface area contributed by atoms with Crippen molar-refractivity contribution in [3.05, 3.63) is 65.2 Å². The summed E-state index contributed by atoms with van der Waals surface area (Å²) >= 11 is 0. The Labute approximate surface area is 136 Å². The summed E-state index contributed by atoms with van der Waals surface area (Å²) in [5, 5.41) is 11.1. The van der Waals surface area contributed by atoms with Gasteiger partial charge in [-0.15, -0.1) is 0 Å². The molecular formula is C19H20N2O2. The van der Waals surface area contributed by atoms with Crippen molar-refractivity contribution in [3.8, 4) is 11.8 Å². The van der Waals surface area contributed by atoms with Crippen LogP contribution in [0.3, 0.4) is 0 Å². The molecule has 0 radical (unpaired) electrons. The largest absolute Gasteiger partial charge is 0.489 e. The van der Waals surface area contributed by atoms with Crippen molar-refractivity contribution in [2.45, 2.75) is 26.4 Å². The van der Waals surface area contributed by atoms with Crippen molar-refractivity contribution >= 4 is 5.91 Å². The Bertz CT molecular complexity index is 705. The van der Waals surface area contributed by atoms with E-state index in [1.54, 1.807) is 0 Å². The second-order valence-electron chi connectivity index (χ2n) is 5.30. The maximum absolute atomic E-state index is 11.2. The number of benzene rings is 2. The molecule has 2 aromatic rings. The molecule has 0 fully saturated rings.